The van der Waals surface area contributed by atoms with E-state index >= 15 is 0 Å². The van der Waals surface area contributed by atoms with Crippen LogP contribution in [0.2, 0.25) is 0 Å². The van der Waals surface area contributed by atoms with Crippen molar-refractivity contribution in [2.75, 3.05) is 25.0 Å². The maximum absolute atomic E-state index is 12.6. The number of nitrogens with one attached hydrogen (secondary N) is 2. The molecule has 0 aliphatic carbocycles. The molecule has 3 heterocycles. The van der Waals surface area contributed by atoms with Gasteiger partial charge in [-0.25, -0.2) is 4.79 Å². The number of carbonyl (C=O) groups is 2. The standard InChI is InChI=1S/C22H25BrN4O3/c1-14-9-17(5-6-18(14)23)25-20(28)7-8-24-22(30)26-11-15-10-16(13-26)19-3-2-4-21(29)27(19)12-15/h2-6,9,15-16H,7-8,10-13H2,1H3,(H,24,30)(H,25,28). The van der Waals surface area contributed by atoms with Crippen LogP contribution >= 0.6 is 15.9 Å². The topological polar surface area (TPSA) is 83.4 Å². The lowest BCUT2D eigenvalue weighted by atomic mass is 9.83. The Morgan fingerprint density at radius 2 is 2.00 bits per heavy atom. The van der Waals surface area contributed by atoms with Crippen LogP contribution in [0.1, 0.15) is 30.0 Å². The van der Waals surface area contributed by atoms with Gasteiger partial charge in [0, 0.05) is 60.4 Å². The fraction of sp³-hybridized carbons (Fsp3) is 0.409. The predicted octanol–water partition coefficient (Wildman–Crippen LogP) is 3.08. The number of carbonyl (C=O) groups excluding carboxylic acids is 2. The molecule has 158 valence electrons. The van der Waals surface area contributed by atoms with Crippen LogP contribution in [-0.4, -0.2) is 41.0 Å². The Kier molecular flexibility index (Phi) is 5.94. The van der Waals surface area contributed by atoms with Crippen molar-refractivity contribution in [3.05, 3.63) is 62.5 Å². The smallest absolute Gasteiger partial charge is 0.317 e. The van der Waals surface area contributed by atoms with Crippen LogP contribution in [0.15, 0.2) is 45.7 Å². The van der Waals surface area contributed by atoms with E-state index in [1.54, 1.807) is 12.1 Å². The van der Waals surface area contributed by atoms with Gasteiger partial charge in [0.25, 0.3) is 5.56 Å². The SMILES string of the molecule is Cc1cc(NC(=O)CCNC(=O)N2CC3CC(C2)c2cccc(=O)n2C3)ccc1Br. The lowest BCUT2D eigenvalue weighted by Crippen LogP contribution is -2.52. The van der Waals surface area contributed by atoms with Crippen LogP contribution in [0.4, 0.5) is 10.5 Å². The van der Waals surface area contributed by atoms with Crippen LogP contribution < -0.4 is 16.2 Å². The van der Waals surface area contributed by atoms with Gasteiger partial charge in [-0.3, -0.25) is 9.59 Å². The second-order valence-corrected chi connectivity index (χ2v) is 8.95. The third-order valence-corrected chi connectivity index (χ3v) is 6.73. The summed E-state index contributed by atoms with van der Waals surface area (Å²) in [7, 11) is 0. The fourth-order valence-electron chi connectivity index (χ4n) is 4.40. The molecule has 2 aliphatic rings. The van der Waals surface area contributed by atoms with E-state index < -0.39 is 0 Å². The van der Waals surface area contributed by atoms with E-state index in [9.17, 15) is 14.4 Å². The van der Waals surface area contributed by atoms with Gasteiger partial charge in [-0.2, -0.15) is 0 Å². The van der Waals surface area contributed by atoms with Crippen molar-refractivity contribution in [3.8, 4) is 0 Å². The zero-order valence-corrected chi connectivity index (χ0v) is 18.4. The number of rotatable bonds is 4. The first-order valence-corrected chi connectivity index (χ1v) is 11.0. The number of piperidine rings is 1. The fourth-order valence-corrected chi connectivity index (χ4v) is 4.65. The molecule has 30 heavy (non-hydrogen) atoms. The Balaban J connectivity index is 1.28. The minimum Gasteiger partial charge on any atom is -0.337 e. The first kappa shape index (κ1) is 20.7. The van der Waals surface area contributed by atoms with Crippen LogP contribution in [0.5, 0.6) is 0 Å². The van der Waals surface area contributed by atoms with Crippen molar-refractivity contribution in [2.45, 2.75) is 32.2 Å². The molecule has 1 aromatic heterocycles. The number of hydrogen-bond donors (Lipinski definition) is 2. The van der Waals surface area contributed by atoms with Gasteiger partial charge in [0.1, 0.15) is 0 Å². The molecule has 1 fully saturated rings. The average molecular weight is 473 g/mol. The molecule has 2 N–H and O–H groups in total. The number of halogens is 1. The summed E-state index contributed by atoms with van der Waals surface area (Å²) < 4.78 is 2.84. The highest BCUT2D eigenvalue weighted by Gasteiger charge is 2.36. The number of benzene rings is 1. The molecular formula is C22H25BrN4O3. The van der Waals surface area contributed by atoms with Crippen molar-refractivity contribution in [1.82, 2.24) is 14.8 Å². The number of anilines is 1. The highest BCUT2D eigenvalue weighted by molar-refractivity contribution is 9.10. The minimum absolute atomic E-state index is 0.0343. The summed E-state index contributed by atoms with van der Waals surface area (Å²) in [5.41, 5.74) is 2.83. The first-order chi connectivity index (χ1) is 14.4. The van der Waals surface area contributed by atoms with Crippen molar-refractivity contribution >= 4 is 33.6 Å². The summed E-state index contributed by atoms with van der Waals surface area (Å²) in [4.78, 5) is 38.7. The van der Waals surface area contributed by atoms with E-state index in [2.05, 4.69) is 26.6 Å². The second kappa shape index (κ2) is 8.63. The molecule has 1 aromatic carbocycles. The zero-order valence-electron chi connectivity index (χ0n) is 16.9. The highest BCUT2D eigenvalue weighted by atomic mass is 79.9. The highest BCUT2D eigenvalue weighted by Crippen LogP contribution is 2.34. The number of pyridine rings is 1. The molecule has 1 saturated heterocycles. The van der Waals surface area contributed by atoms with Crippen LogP contribution in [0.3, 0.4) is 0 Å². The van der Waals surface area contributed by atoms with E-state index in [0.717, 1.165) is 27.8 Å². The maximum Gasteiger partial charge on any atom is 0.317 e. The Hall–Kier alpha value is -2.61. The van der Waals surface area contributed by atoms with E-state index in [-0.39, 0.29) is 42.3 Å². The Labute approximate surface area is 183 Å². The van der Waals surface area contributed by atoms with Crippen molar-refractivity contribution in [2.24, 2.45) is 5.92 Å². The number of hydrogen-bond acceptors (Lipinski definition) is 3. The van der Waals surface area contributed by atoms with E-state index in [1.807, 2.05) is 40.7 Å². The number of fused-ring (bicyclic) bond motifs is 4. The molecule has 2 aliphatic heterocycles. The number of aromatic nitrogens is 1. The summed E-state index contributed by atoms with van der Waals surface area (Å²) in [5.74, 6) is 0.327. The third kappa shape index (κ3) is 4.43. The lowest BCUT2D eigenvalue weighted by Gasteiger charge is -2.42. The number of amides is 3. The van der Waals surface area contributed by atoms with Gasteiger partial charge < -0.3 is 20.1 Å². The van der Waals surface area contributed by atoms with Crippen molar-refractivity contribution < 1.29 is 9.59 Å². The van der Waals surface area contributed by atoms with E-state index in [0.29, 0.717) is 19.6 Å². The zero-order chi connectivity index (χ0) is 21.3. The average Bonchev–Trinajstić information content (AvgIpc) is 2.71. The molecule has 2 atom stereocenters. The molecule has 3 amide bonds. The molecular weight excluding hydrogens is 448 g/mol. The predicted molar refractivity (Wildman–Crippen MR) is 119 cm³/mol. The molecule has 4 rings (SSSR count). The van der Waals surface area contributed by atoms with E-state index in [4.69, 9.17) is 0 Å². The number of likely N-dealkylation sites (tertiary alicyclic amines) is 1. The van der Waals surface area contributed by atoms with Crippen molar-refractivity contribution in [3.63, 3.8) is 0 Å². The van der Waals surface area contributed by atoms with Gasteiger partial charge in [0.2, 0.25) is 5.91 Å². The van der Waals surface area contributed by atoms with Gasteiger partial charge in [0.15, 0.2) is 0 Å². The number of nitrogens with zero attached hydrogens (tertiary/aromatic N) is 2. The normalized spacial score (nSPS) is 19.7. The van der Waals surface area contributed by atoms with Crippen molar-refractivity contribution in [1.29, 1.82) is 0 Å². The Morgan fingerprint density at radius 1 is 1.17 bits per heavy atom. The third-order valence-electron chi connectivity index (χ3n) is 5.84. The lowest BCUT2D eigenvalue weighted by molar-refractivity contribution is -0.116. The van der Waals surface area contributed by atoms with Crippen LogP contribution in [-0.2, 0) is 11.3 Å². The monoisotopic (exact) mass is 472 g/mol. The molecule has 0 spiro atoms. The van der Waals surface area contributed by atoms with Gasteiger partial charge >= 0.3 is 6.03 Å². The molecule has 8 heteroatoms. The summed E-state index contributed by atoms with van der Waals surface area (Å²) >= 11 is 3.44. The second-order valence-electron chi connectivity index (χ2n) is 8.10. The Bertz CT molecular complexity index is 1040. The van der Waals surface area contributed by atoms with Gasteiger partial charge in [-0.1, -0.05) is 22.0 Å². The van der Waals surface area contributed by atoms with Gasteiger partial charge in [0.05, 0.1) is 0 Å². The summed E-state index contributed by atoms with van der Waals surface area (Å²) in [6.45, 7) is 4.12. The molecule has 2 bridgehead atoms. The largest absolute Gasteiger partial charge is 0.337 e. The molecule has 0 saturated carbocycles. The summed E-state index contributed by atoms with van der Waals surface area (Å²) in [6, 6.07) is 10.8. The van der Waals surface area contributed by atoms with Gasteiger partial charge in [-0.15, -0.1) is 0 Å². The molecule has 0 radical (unpaired) electrons. The summed E-state index contributed by atoms with van der Waals surface area (Å²) in [6.07, 6.45) is 1.21. The summed E-state index contributed by atoms with van der Waals surface area (Å²) in [5, 5.41) is 5.72. The number of aryl methyl sites for hydroxylation is 1. The molecule has 2 unspecified atom stereocenters. The first-order valence-electron chi connectivity index (χ1n) is 10.2. The number of urea groups is 1. The molecule has 2 aromatic rings. The Morgan fingerprint density at radius 3 is 2.80 bits per heavy atom. The van der Waals surface area contributed by atoms with E-state index in [1.165, 1.54) is 0 Å². The minimum atomic E-state index is -0.149. The van der Waals surface area contributed by atoms with Gasteiger partial charge in [-0.05, 0) is 49.1 Å². The quantitative estimate of drug-likeness (QED) is 0.716. The molecule has 7 nitrogen and oxygen atoms in total. The van der Waals surface area contributed by atoms with Crippen LogP contribution in [0, 0.1) is 12.8 Å². The maximum atomic E-state index is 12.6. The van der Waals surface area contributed by atoms with Crippen LogP contribution in [0.25, 0.3) is 0 Å².